The van der Waals surface area contributed by atoms with Gasteiger partial charge in [0.05, 0.1) is 5.56 Å². The maximum atomic E-state index is 5.05. The molecule has 0 bridgehead atoms. The fourth-order valence-corrected chi connectivity index (χ4v) is 1.40. The van der Waals surface area contributed by atoms with Crippen LogP contribution in [-0.4, -0.2) is 0 Å². The molecule has 1 aromatic carbocycles. The predicted octanol–water partition coefficient (Wildman–Crippen LogP) is 2.63. The first kappa shape index (κ1) is 6.60. The summed E-state index contributed by atoms with van der Waals surface area (Å²) in [7, 11) is 0. The van der Waals surface area contributed by atoms with E-state index in [2.05, 4.69) is 0 Å². The van der Waals surface area contributed by atoms with E-state index in [4.69, 9.17) is 14.2 Å². The molecular weight excluding hydrogens is 168 g/mol. The van der Waals surface area contributed by atoms with Gasteiger partial charge in [-0.15, -0.1) is 0 Å². The smallest absolute Gasteiger partial charge is 0.224 e. The monoisotopic (exact) mass is 174 g/mol. The highest BCUT2D eigenvalue weighted by Crippen LogP contribution is 2.40. The van der Waals surface area contributed by atoms with Gasteiger partial charge in [-0.1, -0.05) is 18.2 Å². The fourth-order valence-electron chi connectivity index (χ4n) is 1.40. The van der Waals surface area contributed by atoms with Crippen molar-refractivity contribution in [3.63, 3.8) is 0 Å². The van der Waals surface area contributed by atoms with Crippen LogP contribution in [0.1, 0.15) is 0 Å². The first-order valence-corrected chi connectivity index (χ1v) is 3.95. The number of para-hydroxylation sites is 1. The van der Waals surface area contributed by atoms with Crippen molar-refractivity contribution in [1.29, 1.82) is 0 Å². The van der Waals surface area contributed by atoms with Gasteiger partial charge in [0, 0.05) is 5.56 Å². The van der Waals surface area contributed by atoms with Gasteiger partial charge < -0.3 is 4.42 Å². The van der Waals surface area contributed by atoms with E-state index in [1.54, 1.807) is 6.26 Å². The molecule has 0 unspecified atom stereocenters. The average molecular weight is 174 g/mol. The van der Waals surface area contributed by atoms with E-state index < -0.39 is 0 Å². The maximum absolute atomic E-state index is 5.05. The van der Waals surface area contributed by atoms with Gasteiger partial charge in [-0.05, 0) is 6.07 Å². The summed E-state index contributed by atoms with van der Waals surface area (Å²) < 4.78 is 5.02. The fraction of sp³-hybridized carbons (Fsp3) is 0. The van der Waals surface area contributed by atoms with Crippen molar-refractivity contribution >= 4 is 0 Å². The van der Waals surface area contributed by atoms with Crippen LogP contribution in [0.15, 0.2) is 41.2 Å². The van der Waals surface area contributed by atoms with E-state index >= 15 is 0 Å². The lowest BCUT2D eigenvalue weighted by Gasteiger charge is -2.14. The first-order chi connectivity index (χ1) is 6.45. The molecule has 0 spiro atoms. The van der Waals surface area contributed by atoms with Gasteiger partial charge >= 0.3 is 0 Å². The van der Waals surface area contributed by atoms with Gasteiger partial charge in [0.2, 0.25) is 5.75 Å². The minimum atomic E-state index is 0.624. The molecule has 0 amide bonds. The lowest BCUT2D eigenvalue weighted by atomic mass is 10.1. The van der Waals surface area contributed by atoms with Crippen molar-refractivity contribution < 1.29 is 14.2 Å². The zero-order valence-corrected chi connectivity index (χ0v) is 6.69. The summed E-state index contributed by atoms with van der Waals surface area (Å²) >= 11 is 0. The van der Waals surface area contributed by atoms with Gasteiger partial charge in [-0.2, -0.15) is 0 Å². The van der Waals surface area contributed by atoms with Crippen LogP contribution in [0.5, 0.6) is 11.5 Å². The lowest BCUT2D eigenvalue weighted by Crippen LogP contribution is -2.05. The van der Waals surface area contributed by atoms with Crippen LogP contribution in [-0.2, 0) is 0 Å². The SMILES string of the molecule is c1ccc2c(c1)OOc1cocc1-2. The molecule has 1 aliphatic heterocycles. The molecule has 0 fully saturated rings. The number of rotatable bonds is 0. The van der Waals surface area contributed by atoms with Crippen molar-refractivity contribution in [1.82, 2.24) is 0 Å². The molecule has 64 valence electrons. The Morgan fingerprint density at radius 2 is 1.62 bits per heavy atom. The quantitative estimate of drug-likeness (QED) is 0.575. The molecule has 0 atom stereocenters. The van der Waals surface area contributed by atoms with Crippen molar-refractivity contribution in [3.8, 4) is 22.6 Å². The highest BCUT2D eigenvalue weighted by molar-refractivity contribution is 5.75. The van der Waals surface area contributed by atoms with E-state index in [0.717, 1.165) is 16.9 Å². The van der Waals surface area contributed by atoms with Crippen LogP contribution >= 0.6 is 0 Å². The van der Waals surface area contributed by atoms with Crippen molar-refractivity contribution in [2.45, 2.75) is 0 Å². The molecule has 3 rings (SSSR count). The zero-order valence-electron chi connectivity index (χ0n) is 6.69. The van der Waals surface area contributed by atoms with Crippen LogP contribution in [0, 0.1) is 0 Å². The third-order valence-electron chi connectivity index (χ3n) is 2.02. The molecule has 3 heteroatoms. The highest BCUT2D eigenvalue weighted by atomic mass is 17.2. The summed E-state index contributed by atoms with van der Waals surface area (Å²) in [6.45, 7) is 0. The Balaban J connectivity index is 2.30. The number of hydrogen-bond acceptors (Lipinski definition) is 3. The van der Waals surface area contributed by atoms with Gasteiger partial charge in [-0.3, -0.25) is 9.78 Å². The van der Waals surface area contributed by atoms with Gasteiger partial charge in [-0.25, -0.2) is 0 Å². The highest BCUT2D eigenvalue weighted by Gasteiger charge is 2.20. The summed E-state index contributed by atoms with van der Waals surface area (Å²) in [4.78, 5) is 10.0. The van der Waals surface area contributed by atoms with E-state index in [-0.39, 0.29) is 0 Å². The molecule has 13 heavy (non-hydrogen) atoms. The summed E-state index contributed by atoms with van der Waals surface area (Å²) in [5.74, 6) is 1.34. The van der Waals surface area contributed by atoms with E-state index in [1.165, 1.54) is 6.26 Å². The summed E-state index contributed by atoms with van der Waals surface area (Å²) in [6, 6.07) is 7.66. The van der Waals surface area contributed by atoms with Crippen molar-refractivity contribution in [3.05, 3.63) is 36.8 Å². The maximum Gasteiger partial charge on any atom is 0.224 e. The topological polar surface area (TPSA) is 31.6 Å². The van der Waals surface area contributed by atoms with Crippen LogP contribution < -0.4 is 9.78 Å². The molecule has 2 aromatic rings. The van der Waals surface area contributed by atoms with Crippen LogP contribution in [0.25, 0.3) is 11.1 Å². The van der Waals surface area contributed by atoms with E-state index in [1.807, 2.05) is 24.3 Å². The van der Waals surface area contributed by atoms with Crippen LogP contribution in [0.3, 0.4) is 0 Å². The lowest BCUT2D eigenvalue weighted by molar-refractivity contribution is -0.103. The molecule has 0 N–H and O–H groups in total. The van der Waals surface area contributed by atoms with Gasteiger partial charge in [0.25, 0.3) is 0 Å². The Bertz CT molecular complexity index is 445. The normalized spacial score (nSPS) is 12.3. The largest absolute Gasteiger partial charge is 0.468 e. The van der Waals surface area contributed by atoms with Crippen molar-refractivity contribution in [2.24, 2.45) is 0 Å². The molecule has 0 radical (unpaired) electrons. The molecule has 2 heterocycles. The van der Waals surface area contributed by atoms with Crippen LogP contribution in [0.4, 0.5) is 0 Å². The van der Waals surface area contributed by atoms with Crippen LogP contribution in [0.2, 0.25) is 0 Å². The number of fused-ring (bicyclic) bond motifs is 3. The summed E-state index contributed by atoms with van der Waals surface area (Å²) in [5.41, 5.74) is 1.93. The molecule has 0 saturated carbocycles. The number of furan rings is 1. The Kier molecular flexibility index (Phi) is 1.16. The second-order valence-corrected chi connectivity index (χ2v) is 2.81. The third kappa shape index (κ3) is 0.839. The molecule has 0 aliphatic carbocycles. The Morgan fingerprint density at radius 3 is 2.62 bits per heavy atom. The Hall–Kier alpha value is -1.90. The van der Waals surface area contributed by atoms with E-state index in [9.17, 15) is 0 Å². The summed E-state index contributed by atoms with van der Waals surface area (Å²) in [5, 5.41) is 0. The van der Waals surface area contributed by atoms with Gasteiger partial charge in [0.15, 0.2) is 5.75 Å². The number of benzene rings is 1. The molecule has 3 nitrogen and oxygen atoms in total. The Morgan fingerprint density at radius 1 is 0.769 bits per heavy atom. The number of hydrogen-bond donors (Lipinski definition) is 0. The second-order valence-electron chi connectivity index (χ2n) is 2.81. The molecular formula is C10H6O3. The molecule has 1 aromatic heterocycles. The minimum Gasteiger partial charge on any atom is -0.468 e. The minimum absolute atomic E-state index is 0.624. The predicted molar refractivity (Wildman–Crippen MR) is 45.4 cm³/mol. The summed E-state index contributed by atoms with van der Waals surface area (Å²) in [6.07, 6.45) is 3.17. The molecule has 1 aliphatic rings. The standard InChI is InChI=1S/C10H6O3/c1-2-4-9-7(3-1)8-5-11-6-10(8)13-12-9/h1-6H. The van der Waals surface area contributed by atoms with Gasteiger partial charge in [0.1, 0.15) is 12.5 Å². The second kappa shape index (κ2) is 2.29. The average Bonchev–Trinajstić information content (AvgIpc) is 2.65. The Labute approximate surface area is 74.4 Å². The van der Waals surface area contributed by atoms with E-state index in [0.29, 0.717) is 5.75 Å². The van der Waals surface area contributed by atoms with Crippen molar-refractivity contribution in [2.75, 3.05) is 0 Å². The molecule has 0 saturated heterocycles. The third-order valence-corrected chi connectivity index (χ3v) is 2.02. The first-order valence-electron chi connectivity index (χ1n) is 3.95. The zero-order chi connectivity index (χ0) is 8.67.